The minimum absolute atomic E-state index is 0.482. The lowest BCUT2D eigenvalue weighted by molar-refractivity contribution is 0.415. The molecule has 0 aliphatic rings. The molecular weight excluding hydrogens is 274 g/mol. The normalized spacial score (nSPS) is 10.9. The van der Waals surface area contributed by atoms with Crippen LogP contribution >= 0.6 is 11.6 Å². The Morgan fingerprint density at radius 3 is 2.65 bits per heavy atom. The Hall–Kier alpha value is -2.20. The van der Waals surface area contributed by atoms with E-state index in [4.69, 9.17) is 22.1 Å². The van der Waals surface area contributed by atoms with Crippen LogP contribution in [0.3, 0.4) is 0 Å². The van der Waals surface area contributed by atoms with Crippen molar-refractivity contribution in [2.75, 3.05) is 12.8 Å². The van der Waals surface area contributed by atoms with Crippen LogP contribution in [0.5, 0.6) is 5.75 Å². The van der Waals surface area contributed by atoms with Crippen LogP contribution in [0.4, 0.5) is 5.82 Å². The van der Waals surface area contributed by atoms with Crippen molar-refractivity contribution in [1.29, 1.82) is 0 Å². The summed E-state index contributed by atoms with van der Waals surface area (Å²) in [6, 6.07) is 12.2. The Morgan fingerprint density at radius 2 is 1.95 bits per heavy atom. The molecule has 0 aliphatic carbocycles. The number of hydrogen-bond acceptors (Lipinski definition) is 3. The van der Waals surface area contributed by atoms with E-state index in [0.717, 1.165) is 22.1 Å². The Labute approximate surface area is 121 Å². The largest absolute Gasteiger partial charge is 0.497 e. The molecule has 4 nitrogen and oxygen atoms in total. The van der Waals surface area contributed by atoms with Gasteiger partial charge in [0.25, 0.3) is 0 Å². The molecule has 0 spiro atoms. The predicted molar refractivity (Wildman–Crippen MR) is 81.3 cm³/mol. The van der Waals surface area contributed by atoms with E-state index in [0.29, 0.717) is 17.4 Å². The summed E-state index contributed by atoms with van der Waals surface area (Å²) in [6.07, 6.45) is 1.56. The van der Waals surface area contributed by atoms with Crippen LogP contribution in [0, 0.1) is 0 Å². The Kier molecular flexibility index (Phi) is 3.24. The predicted octanol–water partition coefficient (Wildman–Crippen LogP) is 3.33. The van der Waals surface area contributed by atoms with Crippen molar-refractivity contribution in [2.45, 2.75) is 6.54 Å². The second-order valence-electron chi connectivity index (χ2n) is 4.58. The third-order valence-corrected chi connectivity index (χ3v) is 3.57. The molecule has 0 unspecified atom stereocenters. The molecule has 0 atom stereocenters. The standard InChI is InChI=1S/C15H14ClN3O/c1-20-13-5-4-11-6-10(2-3-12(11)7-13)9-19-15(17)14(16)8-18-19/h2-8H,9,17H2,1H3. The first kappa shape index (κ1) is 12.8. The van der Waals surface area contributed by atoms with Gasteiger partial charge in [0.1, 0.15) is 16.6 Å². The van der Waals surface area contributed by atoms with Crippen LogP contribution in [0.25, 0.3) is 10.8 Å². The molecule has 102 valence electrons. The van der Waals surface area contributed by atoms with Gasteiger partial charge in [0.2, 0.25) is 0 Å². The number of anilines is 1. The van der Waals surface area contributed by atoms with Crippen molar-refractivity contribution in [2.24, 2.45) is 0 Å². The summed E-state index contributed by atoms with van der Waals surface area (Å²) in [6.45, 7) is 0.598. The molecule has 1 aromatic heterocycles. The molecule has 0 aliphatic heterocycles. The van der Waals surface area contributed by atoms with Gasteiger partial charge in [-0.3, -0.25) is 0 Å². The zero-order valence-electron chi connectivity index (χ0n) is 11.0. The number of nitrogens with zero attached hydrogens (tertiary/aromatic N) is 2. The molecule has 0 radical (unpaired) electrons. The van der Waals surface area contributed by atoms with Gasteiger partial charge in [-0.05, 0) is 34.5 Å². The smallest absolute Gasteiger partial charge is 0.140 e. The fourth-order valence-corrected chi connectivity index (χ4v) is 2.31. The maximum atomic E-state index is 5.90. The van der Waals surface area contributed by atoms with Crippen molar-refractivity contribution in [3.8, 4) is 5.75 Å². The number of aromatic nitrogens is 2. The third kappa shape index (κ3) is 2.30. The highest BCUT2D eigenvalue weighted by Gasteiger charge is 2.06. The molecule has 1 heterocycles. The highest BCUT2D eigenvalue weighted by atomic mass is 35.5. The molecule has 2 aromatic carbocycles. The lowest BCUT2D eigenvalue weighted by Crippen LogP contribution is -2.05. The van der Waals surface area contributed by atoms with E-state index in [1.807, 2.05) is 18.2 Å². The molecule has 20 heavy (non-hydrogen) atoms. The van der Waals surface area contributed by atoms with Gasteiger partial charge in [-0.15, -0.1) is 0 Å². The number of nitrogens with two attached hydrogens (primary N) is 1. The highest BCUT2D eigenvalue weighted by Crippen LogP contribution is 2.23. The first-order valence-corrected chi connectivity index (χ1v) is 6.58. The summed E-state index contributed by atoms with van der Waals surface area (Å²) >= 11 is 5.90. The minimum atomic E-state index is 0.482. The summed E-state index contributed by atoms with van der Waals surface area (Å²) < 4.78 is 6.91. The molecule has 5 heteroatoms. The second-order valence-corrected chi connectivity index (χ2v) is 4.99. The number of hydrogen-bond donors (Lipinski definition) is 1. The van der Waals surface area contributed by atoms with E-state index in [1.54, 1.807) is 18.0 Å². The summed E-state index contributed by atoms with van der Waals surface area (Å²) in [4.78, 5) is 0. The van der Waals surface area contributed by atoms with Crippen molar-refractivity contribution in [3.63, 3.8) is 0 Å². The van der Waals surface area contributed by atoms with Gasteiger partial charge >= 0.3 is 0 Å². The summed E-state index contributed by atoms with van der Waals surface area (Å²) in [5.41, 5.74) is 6.97. The number of ether oxygens (including phenoxy) is 1. The molecule has 0 bridgehead atoms. The van der Waals surface area contributed by atoms with Crippen molar-refractivity contribution in [1.82, 2.24) is 9.78 Å². The van der Waals surface area contributed by atoms with E-state index in [1.165, 1.54) is 0 Å². The van der Waals surface area contributed by atoms with Crippen LogP contribution in [0.2, 0.25) is 5.02 Å². The Morgan fingerprint density at radius 1 is 1.20 bits per heavy atom. The van der Waals surface area contributed by atoms with Gasteiger partial charge in [0, 0.05) is 0 Å². The first-order valence-electron chi connectivity index (χ1n) is 6.21. The fourth-order valence-electron chi connectivity index (χ4n) is 2.17. The van der Waals surface area contributed by atoms with Crippen molar-refractivity contribution in [3.05, 3.63) is 53.2 Å². The lowest BCUT2D eigenvalue weighted by atomic mass is 10.1. The van der Waals surface area contributed by atoms with E-state index >= 15 is 0 Å². The number of benzene rings is 2. The van der Waals surface area contributed by atoms with Gasteiger partial charge < -0.3 is 10.5 Å². The van der Waals surface area contributed by atoms with E-state index < -0.39 is 0 Å². The van der Waals surface area contributed by atoms with Gasteiger partial charge in [-0.25, -0.2) is 4.68 Å². The molecule has 3 aromatic rings. The molecular formula is C15H14ClN3O. The summed E-state index contributed by atoms with van der Waals surface area (Å²) in [7, 11) is 1.67. The molecule has 3 rings (SSSR count). The van der Waals surface area contributed by atoms with Crippen LogP contribution < -0.4 is 10.5 Å². The third-order valence-electron chi connectivity index (χ3n) is 3.28. The minimum Gasteiger partial charge on any atom is -0.497 e. The van der Waals surface area contributed by atoms with Crippen LogP contribution in [-0.4, -0.2) is 16.9 Å². The van der Waals surface area contributed by atoms with Crippen LogP contribution in [0.1, 0.15) is 5.56 Å². The fraction of sp³-hybridized carbons (Fsp3) is 0.133. The topological polar surface area (TPSA) is 53.1 Å². The van der Waals surface area contributed by atoms with Gasteiger partial charge in [-0.2, -0.15) is 5.10 Å². The lowest BCUT2D eigenvalue weighted by Gasteiger charge is -2.07. The molecule has 0 amide bonds. The van der Waals surface area contributed by atoms with E-state index in [2.05, 4.69) is 23.3 Å². The summed E-state index contributed by atoms with van der Waals surface area (Å²) in [5, 5.41) is 6.93. The quantitative estimate of drug-likeness (QED) is 0.804. The van der Waals surface area contributed by atoms with Gasteiger partial charge in [0.05, 0.1) is 19.9 Å². The van der Waals surface area contributed by atoms with Gasteiger partial charge in [-0.1, -0.05) is 29.8 Å². The maximum absolute atomic E-state index is 5.90. The van der Waals surface area contributed by atoms with Crippen LogP contribution in [-0.2, 0) is 6.54 Å². The zero-order valence-corrected chi connectivity index (χ0v) is 11.8. The molecule has 2 N–H and O–H groups in total. The SMILES string of the molecule is COc1ccc2cc(Cn3ncc(Cl)c3N)ccc2c1. The van der Waals surface area contributed by atoms with Crippen molar-refractivity contribution < 1.29 is 4.74 Å². The second kappa shape index (κ2) is 5.06. The monoisotopic (exact) mass is 287 g/mol. The van der Waals surface area contributed by atoms with E-state index in [9.17, 15) is 0 Å². The number of methoxy groups -OCH3 is 1. The number of fused-ring (bicyclic) bond motifs is 1. The first-order chi connectivity index (χ1) is 9.67. The zero-order chi connectivity index (χ0) is 14.1. The average Bonchev–Trinajstić information content (AvgIpc) is 2.79. The number of halogens is 1. The maximum Gasteiger partial charge on any atom is 0.140 e. The number of nitrogen functional groups attached to an aromatic ring is 1. The molecule has 0 fully saturated rings. The Bertz CT molecular complexity index is 767. The molecule has 0 saturated heterocycles. The molecule has 0 saturated carbocycles. The average molecular weight is 288 g/mol. The Balaban J connectivity index is 1.95. The van der Waals surface area contributed by atoms with Crippen LogP contribution in [0.15, 0.2) is 42.6 Å². The van der Waals surface area contributed by atoms with Gasteiger partial charge in [0.15, 0.2) is 0 Å². The van der Waals surface area contributed by atoms with Crippen molar-refractivity contribution >= 4 is 28.2 Å². The highest BCUT2D eigenvalue weighted by molar-refractivity contribution is 6.32. The van der Waals surface area contributed by atoms with E-state index in [-0.39, 0.29) is 0 Å². The number of rotatable bonds is 3. The summed E-state index contributed by atoms with van der Waals surface area (Å²) in [5.74, 6) is 1.34.